The first kappa shape index (κ1) is 14.9. The number of ether oxygens (including phenoxy) is 1. The molecule has 0 aliphatic heterocycles. The molecular formula is C9H9BF2IN2O3P. The van der Waals surface area contributed by atoms with Crippen LogP contribution in [0.1, 0.15) is 5.56 Å². The van der Waals surface area contributed by atoms with Gasteiger partial charge >= 0.3 is 13.7 Å². The SMILES string of the molecule is Cc1cc2c(cnn2PI)c(B(O)O)c1OC(F)F. The van der Waals surface area contributed by atoms with Crippen molar-refractivity contribution in [2.24, 2.45) is 0 Å². The summed E-state index contributed by atoms with van der Waals surface area (Å²) in [6.07, 6.45) is 1.72. The van der Waals surface area contributed by atoms with Crippen LogP contribution in [0.4, 0.5) is 8.78 Å². The molecule has 0 spiro atoms. The lowest BCUT2D eigenvalue weighted by Crippen LogP contribution is -2.33. The van der Waals surface area contributed by atoms with Crippen LogP contribution >= 0.6 is 28.4 Å². The van der Waals surface area contributed by atoms with E-state index in [1.165, 1.54) is 6.20 Å². The molecule has 0 bridgehead atoms. The van der Waals surface area contributed by atoms with Gasteiger partial charge in [0.15, 0.2) is 0 Å². The molecule has 1 aromatic carbocycles. The second-order valence-corrected chi connectivity index (χ2v) is 5.80. The van der Waals surface area contributed by atoms with Crippen LogP contribution in [0.3, 0.4) is 0 Å². The molecule has 19 heavy (non-hydrogen) atoms. The molecule has 0 saturated carbocycles. The van der Waals surface area contributed by atoms with E-state index in [0.29, 0.717) is 22.8 Å². The summed E-state index contributed by atoms with van der Waals surface area (Å²) in [5.74, 6) is -0.214. The number of rotatable bonds is 4. The number of hydrogen-bond donors (Lipinski definition) is 2. The summed E-state index contributed by atoms with van der Waals surface area (Å²) in [6, 6.07) is 1.64. The average molecular weight is 400 g/mol. The van der Waals surface area contributed by atoms with Crippen molar-refractivity contribution in [1.82, 2.24) is 9.55 Å². The minimum absolute atomic E-state index is 0.0869. The number of benzene rings is 1. The molecule has 1 unspecified atom stereocenters. The highest BCUT2D eigenvalue weighted by Crippen LogP contribution is 2.31. The second-order valence-electron chi connectivity index (χ2n) is 3.76. The van der Waals surface area contributed by atoms with Gasteiger partial charge < -0.3 is 14.8 Å². The van der Waals surface area contributed by atoms with Gasteiger partial charge in [0.2, 0.25) is 0 Å². The zero-order chi connectivity index (χ0) is 14.2. The molecule has 2 aromatic rings. The van der Waals surface area contributed by atoms with Crippen molar-refractivity contribution in [2.45, 2.75) is 13.5 Å². The first-order chi connectivity index (χ1) is 8.95. The largest absolute Gasteiger partial charge is 0.493 e. The molecule has 2 N–H and O–H groups in total. The number of nitrogens with zero attached hydrogens (tertiary/aromatic N) is 2. The maximum absolute atomic E-state index is 12.4. The first-order valence-electron chi connectivity index (χ1n) is 5.14. The molecule has 5 nitrogen and oxygen atoms in total. The molecule has 0 radical (unpaired) electrons. The molecule has 1 heterocycles. The van der Waals surface area contributed by atoms with Crippen molar-refractivity contribution in [3.63, 3.8) is 0 Å². The smallest absolute Gasteiger partial charge is 0.435 e. The zero-order valence-corrected chi connectivity index (χ0v) is 12.8. The van der Waals surface area contributed by atoms with E-state index in [1.54, 1.807) is 17.4 Å². The van der Waals surface area contributed by atoms with Gasteiger partial charge in [-0.15, -0.1) is 0 Å². The van der Waals surface area contributed by atoms with Crippen molar-refractivity contribution < 1.29 is 23.6 Å². The molecule has 0 aliphatic carbocycles. The van der Waals surface area contributed by atoms with Gasteiger partial charge in [0.25, 0.3) is 0 Å². The van der Waals surface area contributed by atoms with Crippen LogP contribution in [-0.4, -0.2) is 33.3 Å². The molecule has 102 valence electrons. The number of fused-ring (bicyclic) bond motifs is 1. The molecule has 0 saturated heterocycles. The summed E-state index contributed by atoms with van der Waals surface area (Å²) in [5.41, 5.74) is 0.957. The maximum Gasteiger partial charge on any atom is 0.493 e. The summed E-state index contributed by atoms with van der Waals surface area (Å²) >= 11 is 2.12. The van der Waals surface area contributed by atoms with E-state index >= 15 is 0 Å². The molecule has 2 rings (SSSR count). The standard InChI is InChI=1S/C9H9BF2IN2O3P/c1-4-2-6-5(3-14-15(6)19-13)7(10(16)17)8(4)18-9(11)12/h2-3,9,16-17,19H,1H3. The van der Waals surface area contributed by atoms with Crippen molar-refractivity contribution in [1.29, 1.82) is 0 Å². The van der Waals surface area contributed by atoms with E-state index in [4.69, 9.17) is 0 Å². The van der Waals surface area contributed by atoms with E-state index < -0.39 is 13.7 Å². The van der Waals surface area contributed by atoms with Crippen LogP contribution in [0.15, 0.2) is 12.3 Å². The topological polar surface area (TPSA) is 67.5 Å². The second kappa shape index (κ2) is 5.86. The Morgan fingerprint density at radius 2 is 2.21 bits per heavy atom. The first-order valence-corrected chi connectivity index (χ1v) is 9.20. The fourth-order valence-electron chi connectivity index (χ4n) is 1.88. The Morgan fingerprint density at radius 3 is 2.74 bits per heavy atom. The monoisotopic (exact) mass is 400 g/mol. The van der Waals surface area contributed by atoms with Crippen molar-refractivity contribution in [3.8, 4) is 5.75 Å². The molecule has 1 aromatic heterocycles. The number of aryl methyl sites for hydroxylation is 1. The number of alkyl halides is 2. The van der Waals surface area contributed by atoms with Gasteiger partial charge in [-0.05, 0) is 40.6 Å². The van der Waals surface area contributed by atoms with E-state index in [-0.39, 0.29) is 11.2 Å². The van der Waals surface area contributed by atoms with E-state index in [0.717, 1.165) is 0 Å². The van der Waals surface area contributed by atoms with Gasteiger partial charge in [-0.1, -0.05) is 0 Å². The van der Waals surface area contributed by atoms with Crippen LogP contribution < -0.4 is 10.2 Å². The Labute approximate surface area is 122 Å². The Balaban J connectivity index is 2.74. The van der Waals surface area contributed by atoms with Crippen molar-refractivity contribution in [2.75, 3.05) is 0 Å². The lowest BCUT2D eigenvalue weighted by atomic mass is 9.76. The summed E-state index contributed by atoms with van der Waals surface area (Å²) in [7, 11) is -1.91. The Bertz CT molecular complexity index is 611. The normalized spacial score (nSPS) is 11.9. The van der Waals surface area contributed by atoms with Gasteiger partial charge in [0, 0.05) is 10.8 Å². The fraction of sp³-hybridized carbons (Fsp3) is 0.222. The molecule has 1 atom stereocenters. The number of hydrogen-bond acceptors (Lipinski definition) is 4. The fourth-order valence-corrected chi connectivity index (χ4v) is 3.41. The Kier molecular flexibility index (Phi) is 4.60. The Morgan fingerprint density at radius 1 is 1.53 bits per heavy atom. The third kappa shape index (κ3) is 2.83. The van der Waals surface area contributed by atoms with Crippen molar-refractivity contribution in [3.05, 3.63) is 17.8 Å². The minimum atomic E-state index is -3.03. The molecule has 10 heteroatoms. The summed E-state index contributed by atoms with van der Waals surface area (Å²) < 4.78 is 30.9. The van der Waals surface area contributed by atoms with Crippen LogP contribution in [0.5, 0.6) is 5.75 Å². The highest BCUT2D eigenvalue weighted by molar-refractivity contribution is 14.2. The Hall–Kier alpha value is -0.505. The van der Waals surface area contributed by atoms with Crippen molar-refractivity contribution >= 4 is 51.9 Å². The number of aromatic nitrogens is 2. The van der Waals surface area contributed by atoms with Crippen LogP contribution in [-0.2, 0) is 0 Å². The molecule has 0 fully saturated rings. The quantitative estimate of drug-likeness (QED) is 0.463. The third-order valence-electron chi connectivity index (χ3n) is 2.60. The highest BCUT2D eigenvalue weighted by atomic mass is 127. The van der Waals surface area contributed by atoms with Gasteiger partial charge in [-0.2, -0.15) is 13.9 Å². The van der Waals surface area contributed by atoms with E-state index in [1.807, 2.05) is 0 Å². The maximum atomic E-state index is 12.4. The summed E-state index contributed by atoms with van der Waals surface area (Å²) in [5, 5.41) is 23.3. The van der Waals surface area contributed by atoms with E-state index in [9.17, 15) is 18.8 Å². The van der Waals surface area contributed by atoms with Gasteiger partial charge in [0.05, 0.1) is 18.1 Å². The highest BCUT2D eigenvalue weighted by Gasteiger charge is 2.26. The number of halogens is 3. The zero-order valence-electron chi connectivity index (χ0n) is 9.64. The minimum Gasteiger partial charge on any atom is -0.435 e. The summed E-state index contributed by atoms with van der Waals surface area (Å²) in [4.78, 5) is 0. The van der Waals surface area contributed by atoms with Crippen LogP contribution in [0.2, 0.25) is 0 Å². The van der Waals surface area contributed by atoms with Gasteiger partial charge in [0.1, 0.15) is 5.75 Å². The predicted octanol–water partition coefficient (Wildman–Crippen LogP) is 1.42. The van der Waals surface area contributed by atoms with Crippen LogP contribution in [0.25, 0.3) is 10.9 Å². The van der Waals surface area contributed by atoms with Gasteiger partial charge in [-0.25, -0.2) is 4.45 Å². The molecular weight excluding hydrogens is 391 g/mol. The lowest BCUT2D eigenvalue weighted by Gasteiger charge is -2.14. The molecule has 0 aliphatic rings. The summed E-state index contributed by atoms with van der Waals surface area (Å²) in [6.45, 7) is -1.47. The lowest BCUT2D eigenvalue weighted by molar-refractivity contribution is -0.0496. The van der Waals surface area contributed by atoms with Gasteiger partial charge in [-0.3, -0.25) is 0 Å². The predicted molar refractivity (Wildman–Crippen MR) is 78.7 cm³/mol. The third-order valence-corrected chi connectivity index (χ3v) is 4.49. The molecule has 0 amide bonds. The van der Waals surface area contributed by atoms with E-state index in [2.05, 4.69) is 31.9 Å². The van der Waals surface area contributed by atoms with Crippen LogP contribution in [0, 0.1) is 6.92 Å². The average Bonchev–Trinajstić information content (AvgIpc) is 2.71.